The first-order valence-corrected chi connectivity index (χ1v) is 10.0. The molecule has 0 unspecified atom stereocenters. The van der Waals surface area contributed by atoms with Crippen LogP contribution in [0.1, 0.15) is 54.8 Å². The second kappa shape index (κ2) is 6.95. The number of anilines is 1. The highest BCUT2D eigenvalue weighted by molar-refractivity contribution is 5.88. The third-order valence-corrected chi connectivity index (χ3v) is 5.95. The van der Waals surface area contributed by atoms with Crippen LogP contribution in [0.2, 0.25) is 0 Å². The van der Waals surface area contributed by atoms with Crippen molar-refractivity contribution in [3.8, 4) is 0 Å². The highest BCUT2D eigenvalue weighted by Gasteiger charge is 2.43. The molecule has 0 radical (unpaired) electrons. The van der Waals surface area contributed by atoms with E-state index in [2.05, 4.69) is 64.6 Å². The monoisotopic (exact) mass is 385 g/mol. The first-order chi connectivity index (χ1) is 14.1. The number of allylic oxidation sites excluding steroid dienone is 2. The molecule has 2 aromatic heterocycles. The van der Waals surface area contributed by atoms with E-state index in [9.17, 15) is 4.79 Å². The van der Waals surface area contributed by atoms with E-state index in [-0.39, 0.29) is 23.7 Å². The average Bonchev–Trinajstić information content (AvgIpc) is 3.21. The number of aromatic nitrogens is 4. The maximum absolute atomic E-state index is 13.3. The van der Waals surface area contributed by atoms with Gasteiger partial charge in [-0.3, -0.25) is 9.78 Å². The number of ketones is 1. The summed E-state index contributed by atoms with van der Waals surface area (Å²) in [5, 5.41) is 7.73. The van der Waals surface area contributed by atoms with Crippen LogP contribution in [0.15, 0.2) is 66.9 Å². The molecule has 0 spiro atoms. The molecule has 1 aromatic carbocycles. The van der Waals surface area contributed by atoms with E-state index in [4.69, 9.17) is 0 Å². The Morgan fingerprint density at radius 3 is 2.69 bits per heavy atom. The molecule has 29 heavy (non-hydrogen) atoms. The van der Waals surface area contributed by atoms with E-state index in [1.54, 1.807) is 10.9 Å². The zero-order valence-electron chi connectivity index (χ0n) is 16.5. The molecule has 3 heterocycles. The lowest BCUT2D eigenvalue weighted by Gasteiger charge is -2.37. The van der Waals surface area contributed by atoms with Crippen LogP contribution >= 0.6 is 0 Å². The number of nitrogens with zero attached hydrogens (tertiary/aromatic N) is 4. The third-order valence-electron chi connectivity index (χ3n) is 5.95. The molecule has 6 heteroatoms. The van der Waals surface area contributed by atoms with E-state index in [1.807, 2.05) is 18.3 Å². The molecule has 6 nitrogen and oxygen atoms in total. The van der Waals surface area contributed by atoms with Gasteiger partial charge in [-0.25, -0.2) is 4.68 Å². The van der Waals surface area contributed by atoms with Gasteiger partial charge in [0, 0.05) is 30.4 Å². The number of nitrogens with one attached hydrogen (secondary N) is 1. The van der Waals surface area contributed by atoms with Gasteiger partial charge in [-0.05, 0) is 28.7 Å². The minimum absolute atomic E-state index is 0.0616. The summed E-state index contributed by atoms with van der Waals surface area (Å²) in [4.78, 5) is 21.9. The number of benzene rings is 1. The molecule has 0 saturated carbocycles. The molecule has 5 rings (SSSR count). The number of hydrogen-bond acceptors (Lipinski definition) is 5. The quantitative estimate of drug-likeness (QED) is 0.736. The number of carbonyl (C=O) groups is 1. The van der Waals surface area contributed by atoms with Crippen molar-refractivity contribution >= 4 is 11.7 Å². The molecular weight excluding hydrogens is 362 g/mol. The van der Waals surface area contributed by atoms with Gasteiger partial charge in [0.25, 0.3) is 0 Å². The van der Waals surface area contributed by atoms with Crippen LogP contribution in [0.3, 0.4) is 0 Å². The Kier molecular flexibility index (Phi) is 4.27. The summed E-state index contributed by atoms with van der Waals surface area (Å²) in [5.74, 6) is 1.12. The maximum Gasteiger partial charge on any atom is 0.226 e. The summed E-state index contributed by atoms with van der Waals surface area (Å²) in [6.07, 6.45) is 7.75. The van der Waals surface area contributed by atoms with Crippen molar-refractivity contribution in [1.29, 1.82) is 0 Å². The van der Waals surface area contributed by atoms with E-state index < -0.39 is 0 Å². The molecule has 3 aromatic rings. The predicted octanol–water partition coefficient (Wildman–Crippen LogP) is 4.07. The Hall–Kier alpha value is -3.28. The van der Waals surface area contributed by atoms with Crippen molar-refractivity contribution in [2.24, 2.45) is 5.92 Å². The Balaban J connectivity index is 1.55. The van der Waals surface area contributed by atoms with Gasteiger partial charge in [-0.15, -0.1) is 0 Å². The maximum atomic E-state index is 13.3. The molecule has 1 aliphatic heterocycles. The van der Waals surface area contributed by atoms with E-state index in [0.29, 0.717) is 18.3 Å². The predicted molar refractivity (Wildman–Crippen MR) is 110 cm³/mol. The van der Waals surface area contributed by atoms with Crippen LogP contribution in [0.4, 0.5) is 5.95 Å². The summed E-state index contributed by atoms with van der Waals surface area (Å²) in [7, 11) is 0. The van der Waals surface area contributed by atoms with Crippen LogP contribution in [0.5, 0.6) is 0 Å². The molecular formula is C23H23N5O. The third kappa shape index (κ3) is 3.05. The normalized spacial score (nSPS) is 23.2. The highest BCUT2D eigenvalue weighted by Crippen LogP contribution is 2.43. The highest BCUT2D eigenvalue weighted by atomic mass is 16.1. The zero-order chi connectivity index (χ0) is 20.0. The largest absolute Gasteiger partial charge is 0.328 e. The molecule has 3 atom stereocenters. The molecule has 0 amide bonds. The molecule has 0 fully saturated rings. The molecule has 1 aliphatic carbocycles. The van der Waals surface area contributed by atoms with E-state index in [0.717, 1.165) is 11.3 Å². The van der Waals surface area contributed by atoms with Crippen LogP contribution in [-0.4, -0.2) is 25.5 Å². The van der Waals surface area contributed by atoms with Gasteiger partial charge in [-0.1, -0.05) is 50.3 Å². The average molecular weight is 385 g/mol. The van der Waals surface area contributed by atoms with Crippen molar-refractivity contribution in [3.05, 3.63) is 83.6 Å². The minimum atomic E-state index is -0.306. The number of fused-ring (bicyclic) bond motifs is 2. The van der Waals surface area contributed by atoms with Crippen molar-refractivity contribution in [2.45, 2.75) is 38.1 Å². The van der Waals surface area contributed by atoms with Crippen LogP contribution in [0, 0.1) is 5.92 Å². The van der Waals surface area contributed by atoms with Gasteiger partial charge in [0.1, 0.15) is 12.1 Å². The Labute approximate surface area is 169 Å². The van der Waals surface area contributed by atoms with Crippen molar-refractivity contribution in [1.82, 2.24) is 19.7 Å². The fourth-order valence-corrected chi connectivity index (χ4v) is 4.40. The number of Topliss-reactive ketones (excluding diaryl/α,β-unsaturated/α-hetero) is 1. The first kappa shape index (κ1) is 17.8. The Morgan fingerprint density at radius 2 is 1.97 bits per heavy atom. The second-order valence-electron chi connectivity index (χ2n) is 8.08. The van der Waals surface area contributed by atoms with Gasteiger partial charge in [0.2, 0.25) is 5.95 Å². The SMILES string of the molecule is CC(C)c1ccc([C@H]2C=C3Nc4ncnn4[C@@H](c4cccnc4)[C@@H]3C(=O)C2)cc1. The smallest absolute Gasteiger partial charge is 0.226 e. The van der Waals surface area contributed by atoms with Crippen molar-refractivity contribution < 1.29 is 4.79 Å². The molecule has 0 bridgehead atoms. The zero-order valence-corrected chi connectivity index (χ0v) is 16.5. The summed E-state index contributed by atoms with van der Waals surface area (Å²) >= 11 is 0. The standard InChI is InChI=1S/C23H23N5O/c1-14(2)15-5-7-16(8-6-15)18-10-19-21(20(29)11-18)22(17-4-3-9-24-12-17)28-23(27-19)25-13-26-28/h3-10,12-14,18,21-22H,11H2,1-2H3,(H,25,26,27)/t18-,21-,22-/m0/s1. The molecule has 2 aliphatic rings. The second-order valence-corrected chi connectivity index (χ2v) is 8.08. The number of rotatable bonds is 3. The molecule has 1 N–H and O–H groups in total. The lowest BCUT2D eigenvalue weighted by Crippen LogP contribution is -2.40. The minimum Gasteiger partial charge on any atom is -0.328 e. The van der Waals surface area contributed by atoms with E-state index in [1.165, 1.54) is 17.5 Å². The van der Waals surface area contributed by atoms with Crippen molar-refractivity contribution in [3.63, 3.8) is 0 Å². The topological polar surface area (TPSA) is 72.7 Å². The fraction of sp³-hybridized carbons (Fsp3) is 0.304. The summed E-state index contributed by atoms with van der Waals surface area (Å²) < 4.78 is 1.80. The molecule has 146 valence electrons. The van der Waals surface area contributed by atoms with Crippen LogP contribution < -0.4 is 5.32 Å². The number of carbonyl (C=O) groups excluding carboxylic acids is 1. The van der Waals surface area contributed by atoms with Gasteiger partial charge in [-0.2, -0.15) is 10.1 Å². The Morgan fingerprint density at radius 1 is 1.14 bits per heavy atom. The number of hydrogen-bond donors (Lipinski definition) is 1. The van der Waals surface area contributed by atoms with Gasteiger partial charge in [0.15, 0.2) is 0 Å². The Bertz CT molecular complexity index is 1070. The first-order valence-electron chi connectivity index (χ1n) is 10.0. The summed E-state index contributed by atoms with van der Waals surface area (Å²) in [5.41, 5.74) is 4.35. The summed E-state index contributed by atoms with van der Waals surface area (Å²) in [6.45, 7) is 4.37. The lowest BCUT2D eigenvalue weighted by atomic mass is 9.76. The van der Waals surface area contributed by atoms with Gasteiger partial charge >= 0.3 is 0 Å². The van der Waals surface area contributed by atoms with Crippen LogP contribution in [-0.2, 0) is 4.79 Å². The summed E-state index contributed by atoms with van der Waals surface area (Å²) in [6, 6.07) is 12.3. The lowest BCUT2D eigenvalue weighted by molar-refractivity contribution is -0.123. The van der Waals surface area contributed by atoms with Gasteiger partial charge in [0.05, 0.1) is 12.0 Å². The van der Waals surface area contributed by atoms with Gasteiger partial charge < -0.3 is 5.32 Å². The number of pyridine rings is 1. The van der Waals surface area contributed by atoms with Crippen molar-refractivity contribution in [2.75, 3.05) is 5.32 Å². The molecule has 0 saturated heterocycles. The fourth-order valence-electron chi connectivity index (χ4n) is 4.40. The van der Waals surface area contributed by atoms with Crippen LogP contribution in [0.25, 0.3) is 0 Å². The van der Waals surface area contributed by atoms with E-state index >= 15 is 0 Å².